The summed E-state index contributed by atoms with van der Waals surface area (Å²) in [6, 6.07) is 0. The molecule has 18 heavy (non-hydrogen) atoms. The maximum atomic E-state index is 11.1. The van der Waals surface area contributed by atoms with Crippen LogP contribution in [-0.2, 0) is 9.53 Å². The minimum absolute atomic E-state index is 0.132. The average Bonchev–Trinajstić information content (AvgIpc) is 2.32. The lowest BCUT2D eigenvalue weighted by atomic mass is 10.0. The maximum absolute atomic E-state index is 11.1. The van der Waals surface area contributed by atoms with E-state index < -0.39 is 6.10 Å². The van der Waals surface area contributed by atoms with E-state index in [9.17, 15) is 9.90 Å². The van der Waals surface area contributed by atoms with Crippen LogP contribution in [0.1, 0.15) is 64.7 Å². The molecule has 0 fully saturated rings. The third-order valence-electron chi connectivity index (χ3n) is 2.90. The van der Waals surface area contributed by atoms with Gasteiger partial charge in [0, 0.05) is 0 Å². The smallest absolute Gasteiger partial charge is 0.308 e. The van der Waals surface area contributed by atoms with Crippen LogP contribution < -0.4 is 0 Å². The Bertz CT molecular complexity index is 214. The van der Waals surface area contributed by atoms with Crippen LogP contribution in [0.5, 0.6) is 0 Å². The van der Waals surface area contributed by atoms with E-state index in [-0.39, 0.29) is 12.4 Å². The highest BCUT2D eigenvalue weighted by Gasteiger charge is 2.10. The van der Waals surface area contributed by atoms with Crippen molar-refractivity contribution in [1.82, 2.24) is 0 Å². The number of aliphatic hydroxyl groups is 1. The molecule has 0 bridgehead atoms. The molecule has 0 aromatic carbocycles. The first-order valence-corrected chi connectivity index (χ1v) is 7.15. The molecule has 3 nitrogen and oxygen atoms in total. The molecule has 0 rings (SSSR count). The van der Waals surface area contributed by atoms with Gasteiger partial charge in [0.15, 0.2) is 0 Å². The Kier molecular flexibility index (Phi) is 12.0. The van der Waals surface area contributed by atoms with E-state index in [1.165, 1.54) is 25.7 Å². The second-order valence-corrected chi connectivity index (χ2v) is 4.65. The van der Waals surface area contributed by atoms with Crippen LogP contribution in [0.2, 0.25) is 0 Å². The normalized spacial score (nSPS) is 12.1. The van der Waals surface area contributed by atoms with Crippen molar-refractivity contribution >= 4 is 5.97 Å². The van der Waals surface area contributed by atoms with E-state index in [0.29, 0.717) is 13.0 Å². The number of esters is 1. The van der Waals surface area contributed by atoms with E-state index in [0.717, 1.165) is 19.3 Å². The zero-order valence-corrected chi connectivity index (χ0v) is 11.7. The summed E-state index contributed by atoms with van der Waals surface area (Å²) in [6.07, 6.45) is 10.4. The molecule has 0 aliphatic heterocycles. The summed E-state index contributed by atoms with van der Waals surface area (Å²) < 4.78 is 4.79. The Hall–Kier alpha value is -0.830. The lowest BCUT2D eigenvalue weighted by Gasteiger charge is -2.09. The van der Waals surface area contributed by atoms with Gasteiger partial charge >= 0.3 is 5.97 Å². The SMILES string of the molecule is C=CCCCCCCCC[C@@H](O)CC(=O)OCC. The number of hydrogen-bond donors (Lipinski definition) is 1. The number of allylic oxidation sites excluding steroid dienone is 1. The largest absolute Gasteiger partial charge is 0.466 e. The standard InChI is InChI=1S/C15H28O3/c1-3-5-6-7-8-9-10-11-12-14(16)13-15(17)18-4-2/h3,14,16H,1,4-13H2,2H3/t14-/m1/s1. The molecule has 106 valence electrons. The molecule has 3 heteroatoms. The van der Waals surface area contributed by atoms with E-state index in [1.54, 1.807) is 6.92 Å². The van der Waals surface area contributed by atoms with Crippen molar-refractivity contribution in [1.29, 1.82) is 0 Å². The van der Waals surface area contributed by atoms with E-state index >= 15 is 0 Å². The van der Waals surface area contributed by atoms with Gasteiger partial charge in [0.25, 0.3) is 0 Å². The molecule has 1 N–H and O–H groups in total. The van der Waals surface area contributed by atoms with E-state index in [1.807, 2.05) is 6.08 Å². The molecule has 0 spiro atoms. The van der Waals surface area contributed by atoms with Gasteiger partial charge in [0.2, 0.25) is 0 Å². The van der Waals surface area contributed by atoms with Crippen molar-refractivity contribution in [2.75, 3.05) is 6.61 Å². The first-order valence-electron chi connectivity index (χ1n) is 7.15. The van der Waals surface area contributed by atoms with Gasteiger partial charge in [0.05, 0.1) is 19.1 Å². The average molecular weight is 256 g/mol. The highest BCUT2D eigenvalue weighted by Crippen LogP contribution is 2.11. The summed E-state index contributed by atoms with van der Waals surface area (Å²) >= 11 is 0. The molecule has 0 aliphatic rings. The number of ether oxygens (including phenoxy) is 1. The first kappa shape index (κ1) is 17.2. The fraction of sp³-hybridized carbons (Fsp3) is 0.800. The van der Waals surface area contributed by atoms with Crippen molar-refractivity contribution in [3.05, 3.63) is 12.7 Å². The van der Waals surface area contributed by atoms with Crippen molar-refractivity contribution < 1.29 is 14.6 Å². The molecule has 0 unspecified atom stereocenters. The Morgan fingerprint density at radius 3 is 2.44 bits per heavy atom. The summed E-state index contributed by atoms with van der Waals surface area (Å²) in [4.78, 5) is 11.1. The van der Waals surface area contributed by atoms with Gasteiger partial charge in [-0.3, -0.25) is 4.79 Å². The minimum atomic E-state index is -0.537. The van der Waals surface area contributed by atoms with E-state index in [2.05, 4.69) is 6.58 Å². The Morgan fingerprint density at radius 1 is 1.22 bits per heavy atom. The van der Waals surface area contributed by atoms with Gasteiger partial charge in [-0.1, -0.05) is 38.2 Å². The summed E-state index contributed by atoms with van der Waals surface area (Å²) in [7, 11) is 0. The molecular formula is C15H28O3. The fourth-order valence-corrected chi connectivity index (χ4v) is 1.89. The minimum Gasteiger partial charge on any atom is -0.466 e. The van der Waals surface area contributed by atoms with Crippen LogP contribution in [0.25, 0.3) is 0 Å². The predicted octanol–water partition coefficient (Wildman–Crippen LogP) is 3.61. The summed E-state index contributed by atoms with van der Waals surface area (Å²) in [6.45, 7) is 5.86. The molecule has 0 aliphatic carbocycles. The number of aliphatic hydroxyl groups excluding tert-OH is 1. The van der Waals surface area contributed by atoms with Crippen LogP contribution >= 0.6 is 0 Å². The lowest BCUT2D eigenvalue weighted by Crippen LogP contribution is -2.15. The zero-order chi connectivity index (χ0) is 13.6. The van der Waals surface area contributed by atoms with Crippen molar-refractivity contribution in [3.63, 3.8) is 0 Å². The molecule has 0 aromatic heterocycles. The molecule has 0 amide bonds. The number of carbonyl (C=O) groups is 1. The molecule has 1 atom stereocenters. The summed E-state index contributed by atoms with van der Waals surface area (Å²) in [5, 5.41) is 9.61. The monoisotopic (exact) mass is 256 g/mol. The molecular weight excluding hydrogens is 228 g/mol. The summed E-state index contributed by atoms with van der Waals surface area (Å²) in [5.41, 5.74) is 0. The van der Waals surface area contributed by atoms with Gasteiger partial charge in [-0.2, -0.15) is 0 Å². The van der Waals surface area contributed by atoms with Gasteiger partial charge in [-0.05, 0) is 26.2 Å². The van der Waals surface area contributed by atoms with Gasteiger partial charge < -0.3 is 9.84 Å². The van der Waals surface area contributed by atoms with Crippen LogP contribution in [0.4, 0.5) is 0 Å². The Labute approximate surface area is 111 Å². The molecule has 0 aromatic rings. The van der Waals surface area contributed by atoms with Gasteiger partial charge in [0.1, 0.15) is 0 Å². The number of unbranched alkanes of at least 4 members (excludes halogenated alkanes) is 6. The third kappa shape index (κ3) is 11.6. The van der Waals surface area contributed by atoms with Crippen molar-refractivity contribution in [3.8, 4) is 0 Å². The maximum Gasteiger partial charge on any atom is 0.308 e. The van der Waals surface area contributed by atoms with Gasteiger partial charge in [-0.25, -0.2) is 0 Å². The predicted molar refractivity (Wildman–Crippen MR) is 74.4 cm³/mol. The molecule has 0 saturated carbocycles. The fourth-order valence-electron chi connectivity index (χ4n) is 1.89. The second-order valence-electron chi connectivity index (χ2n) is 4.65. The molecule has 0 saturated heterocycles. The molecule has 0 radical (unpaired) electrons. The highest BCUT2D eigenvalue weighted by molar-refractivity contribution is 5.69. The zero-order valence-electron chi connectivity index (χ0n) is 11.7. The number of hydrogen-bond acceptors (Lipinski definition) is 3. The second kappa shape index (κ2) is 12.6. The van der Waals surface area contributed by atoms with E-state index in [4.69, 9.17) is 4.74 Å². The Morgan fingerprint density at radius 2 is 1.83 bits per heavy atom. The van der Waals surface area contributed by atoms with Crippen molar-refractivity contribution in [2.45, 2.75) is 70.8 Å². The Balaban J connectivity index is 3.27. The topological polar surface area (TPSA) is 46.5 Å². The quantitative estimate of drug-likeness (QED) is 0.329. The molecule has 0 heterocycles. The van der Waals surface area contributed by atoms with Crippen LogP contribution in [0.15, 0.2) is 12.7 Å². The summed E-state index contributed by atoms with van der Waals surface area (Å²) in [5.74, 6) is -0.297. The van der Waals surface area contributed by atoms with Crippen LogP contribution in [0.3, 0.4) is 0 Å². The van der Waals surface area contributed by atoms with Gasteiger partial charge in [-0.15, -0.1) is 6.58 Å². The van der Waals surface area contributed by atoms with Crippen molar-refractivity contribution in [2.24, 2.45) is 0 Å². The lowest BCUT2D eigenvalue weighted by molar-refractivity contribution is -0.145. The third-order valence-corrected chi connectivity index (χ3v) is 2.90. The number of carbonyl (C=O) groups excluding carboxylic acids is 1. The first-order chi connectivity index (χ1) is 8.70. The van der Waals surface area contributed by atoms with Crippen LogP contribution in [0, 0.1) is 0 Å². The number of rotatable bonds is 12. The highest BCUT2D eigenvalue weighted by atomic mass is 16.5. The van der Waals surface area contributed by atoms with Crippen LogP contribution in [-0.4, -0.2) is 23.8 Å².